The highest BCUT2D eigenvalue weighted by molar-refractivity contribution is 7.92. The van der Waals surface area contributed by atoms with Gasteiger partial charge in [-0.05, 0) is 55.5 Å². The Bertz CT molecular complexity index is 1190. The molecule has 0 saturated carbocycles. The fourth-order valence-corrected chi connectivity index (χ4v) is 4.87. The smallest absolute Gasteiger partial charge is 0.244 e. The molecule has 0 aliphatic rings. The number of rotatable bonds is 11. The Morgan fingerprint density at radius 2 is 1.64 bits per heavy atom. The zero-order valence-corrected chi connectivity index (χ0v) is 23.9. The van der Waals surface area contributed by atoms with Crippen molar-refractivity contribution in [3.05, 3.63) is 63.6 Å². The van der Waals surface area contributed by atoms with E-state index in [9.17, 15) is 18.0 Å². The summed E-state index contributed by atoms with van der Waals surface area (Å²) in [6.07, 6.45) is 1.80. The predicted molar refractivity (Wildman–Crippen MR) is 147 cm³/mol. The SMILES string of the molecule is CC[C@H](C)NC(=O)[C@H](C)N(Cc1ccc(Cl)c(Cl)c1)C(=O)CN(c1ccccc1C(C)C)S(C)(=O)=O. The van der Waals surface area contributed by atoms with Crippen molar-refractivity contribution < 1.29 is 18.0 Å². The molecule has 0 heterocycles. The van der Waals surface area contributed by atoms with Crippen LogP contribution in [0.25, 0.3) is 0 Å². The van der Waals surface area contributed by atoms with Gasteiger partial charge in [-0.25, -0.2) is 8.42 Å². The highest BCUT2D eigenvalue weighted by atomic mass is 35.5. The second kappa shape index (κ2) is 12.8. The first-order valence-corrected chi connectivity index (χ1v) is 14.5. The van der Waals surface area contributed by atoms with Gasteiger partial charge in [0.2, 0.25) is 21.8 Å². The summed E-state index contributed by atoms with van der Waals surface area (Å²) in [5.74, 6) is -0.809. The molecule has 0 saturated heterocycles. The highest BCUT2D eigenvalue weighted by Crippen LogP contribution is 2.29. The third-order valence-corrected chi connectivity index (χ3v) is 7.88. The average Bonchev–Trinajstić information content (AvgIpc) is 2.81. The summed E-state index contributed by atoms with van der Waals surface area (Å²) >= 11 is 12.2. The second-order valence-corrected chi connectivity index (χ2v) is 12.0. The van der Waals surface area contributed by atoms with E-state index in [1.807, 2.05) is 39.8 Å². The number of carbonyl (C=O) groups is 2. The second-order valence-electron chi connectivity index (χ2n) is 9.25. The standard InChI is InChI=1S/C26H35Cl2N3O4S/c1-7-18(4)29-26(33)19(5)30(15-20-12-13-22(27)23(28)14-20)25(32)16-31(36(6,34)35)24-11-9-8-10-21(24)17(2)3/h8-14,17-19H,7,15-16H2,1-6H3,(H,29,33)/t18-,19-/m0/s1. The molecule has 36 heavy (non-hydrogen) atoms. The van der Waals surface area contributed by atoms with Gasteiger partial charge in [-0.3, -0.25) is 13.9 Å². The average molecular weight is 557 g/mol. The molecule has 2 aromatic rings. The lowest BCUT2D eigenvalue weighted by Gasteiger charge is -2.32. The Labute approximate surface area is 224 Å². The summed E-state index contributed by atoms with van der Waals surface area (Å²) < 4.78 is 26.8. The van der Waals surface area contributed by atoms with Crippen molar-refractivity contribution in [2.24, 2.45) is 0 Å². The van der Waals surface area contributed by atoms with Crippen LogP contribution in [-0.4, -0.2) is 50.0 Å². The number of carbonyl (C=O) groups excluding carboxylic acids is 2. The van der Waals surface area contributed by atoms with Crippen LogP contribution in [0.2, 0.25) is 10.0 Å². The maximum atomic E-state index is 13.7. The minimum Gasteiger partial charge on any atom is -0.352 e. The number of nitrogens with zero attached hydrogens (tertiary/aromatic N) is 2. The lowest BCUT2D eigenvalue weighted by atomic mass is 10.0. The topological polar surface area (TPSA) is 86.8 Å². The van der Waals surface area contributed by atoms with Gasteiger partial charge in [-0.2, -0.15) is 0 Å². The summed E-state index contributed by atoms with van der Waals surface area (Å²) in [5.41, 5.74) is 1.90. The lowest BCUT2D eigenvalue weighted by molar-refractivity contribution is -0.139. The van der Waals surface area contributed by atoms with E-state index in [0.29, 0.717) is 21.3 Å². The molecule has 1 N–H and O–H groups in total. The van der Waals surface area contributed by atoms with Crippen molar-refractivity contribution in [3.63, 3.8) is 0 Å². The molecule has 198 valence electrons. The minimum atomic E-state index is -3.81. The largest absolute Gasteiger partial charge is 0.352 e. The number of hydrogen-bond donors (Lipinski definition) is 1. The van der Waals surface area contributed by atoms with Gasteiger partial charge in [-0.1, -0.05) is 68.2 Å². The van der Waals surface area contributed by atoms with Crippen LogP contribution in [0.5, 0.6) is 0 Å². The maximum absolute atomic E-state index is 13.7. The fraction of sp³-hybridized carbons (Fsp3) is 0.462. The Hall–Kier alpha value is -2.29. The van der Waals surface area contributed by atoms with Crippen LogP contribution < -0.4 is 9.62 Å². The van der Waals surface area contributed by atoms with E-state index in [4.69, 9.17) is 23.2 Å². The van der Waals surface area contributed by atoms with E-state index in [-0.39, 0.29) is 24.4 Å². The molecule has 0 aliphatic carbocycles. The fourth-order valence-electron chi connectivity index (χ4n) is 3.68. The van der Waals surface area contributed by atoms with E-state index in [1.54, 1.807) is 37.3 Å². The minimum absolute atomic E-state index is 0.0353. The van der Waals surface area contributed by atoms with Gasteiger partial charge >= 0.3 is 0 Å². The van der Waals surface area contributed by atoms with Crippen molar-refractivity contribution in [1.82, 2.24) is 10.2 Å². The van der Waals surface area contributed by atoms with Gasteiger partial charge in [0.25, 0.3) is 0 Å². The Balaban J connectivity index is 2.47. The Morgan fingerprint density at radius 3 is 2.19 bits per heavy atom. The molecule has 7 nitrogen and oxygen atoms in total. The number of amides is 2. The molecule has 2 rings (SSSR count). The van der Waals surface area contributed by atoms with Crippen LogP contribution in [0.3, 0.4) is 0 Å². The van der Waals surface area contributed by atoms with Crippen LogP contribution in [0.4, 0.5) is 5.69 Å². The van der Waals surface area contributed by atoms with Crippen molar-refractivity contribution in [2.75, 3.05) is 17.1 Å². The molecule has 2 atom stereocenters. The monoisotopic (exact) mass is 555 g/mol. The third kappa shape index (κ3) is 7.85. The summed E-state index contributed by atoms with van der Waals surface area (Å²) in [5, 5.41) is 3.59. The normalized spacial score (nSPS) is 13.2. The summed E-state index contributed by atoms with van der Waals surface area (Å²) in [6.45, 7) is 8.96. The van der Waals surface area contributed by atoms with Crippen LogP contribution in [0, 0.1) is 0 Å². The van der Waals surface area contributed by atoms with E-state index >= 15 is 0 Å². The van der Waals surface area contributed by atoms with Gasteiger partial charge in [0.15, 0.2) is 0 Å². The zero-order chi connectivity index (χ0) is 27.2. The predicted octanol–water partition coefficient (Wildman–Crippen LogP) is 5.21. The third-order valence-electron chi connectivity index (χ3n) is 6.01. The molecule has 0 unspecified atom stereocenters. The van der Waals surface area contributed by atoms with Crippen molar-refractivity contribution in [3.8, 4) is 0 Å². The lowest BCUT2D eigenvalue weighted by Crippen LogP contribution is -2.52. The molecule has 2 amide bonds. The maximum Gasteiger partial charge on any atom is 0.244 e. The van der Waals surface area contributed by atoms with Crippen molar-refractivity contribution in [2.45, 2.75) is 65.6 Å². The first-order chi connectivity index (χ1) is 16.8. The number of benzene rings is 2. The molecule has 0 radical (unpaired) electrons. The van der Waals surface area contributed by atoms with E-state index in [0.717, 1.165) is 22.5 Å². The van der Waals surface area contributed by atoms with Crippen LogP contribution >= 0.6 is 23.2 Å². The molecule has 0 aliphatic heterocycles. The van der Waals surface area contributed by atoms with Gasteiger partial charge in [-0.15, -0.1) is 0 Å². The summed E-state index contributed by atoms with van der Waals surface area (Å²) in [4.78, 5) is 28.0. The first-order valence-electron chi connectivity index (χ1n) is 11.9. The molecule has 0 spiro atoms. The Kier molecular flexibility index (Phi) is 10.6. The molecule has 0 bridgehead atoms. The molecule has 0 fully saturated rings. The molecular weight excluding hydrogens is 521 g/mol. The molecule has 0 aromatic heterocycles. The number of sulfonamides is 1. The quantitative estimate of drug-likeness (QED) is 0.412. The Morgan fingerprint density at radius 1 is 1.00 bits per heavy atom. The number of nitrogens with one attached hydrogen (secondary N) is 1. The van der Waals surface area contributed by atoms with Crippen LogP contribution in [-0.2, 0) is 26.2 Å². The van der Waals surface area contributed by atoms with Gasteiger partial charge in [0, 0.05) is 12.6 Å². The number of halogens is 2. The molecule has 2 aromatic carbocycles. The molecular formula is C26H35Cl2N3O4S. The highest BCUT2D eigenvalue weighted by Gasteiger charge is 2.31. The summed E-state index contributed by atoms with van der Waals surface area (Å²) in [6, 6.07) is 11.1. The molecule has 10 heteroatoms. The number of para-hydroxylation sites is 1. The zero-order valence-electron chi connectivity index (χ0n) is 21.6. The number of hydrogen-bond acceptors (Lipinski definition) is 4. The van der Waals surface area contributed by atoms with Gasteiger partial charge in [0.05, 0.1) is 22.0 Å². The van der Waals surface area contributed by atoms with E-state index < -0.39 is 28.5 Å². The summed E-state index contributed by atoms with van der Waals surface area (Å²) in [7, 11) is -3.81. The first kappa shape index (κ1) is 29.9. The van der Waals surface area contributed by atoms with Gasteiger partial charge < -0.3 is 10.2 Å². The van der Waals surface area contributed by atoms with E-state index in [2.05, 4.69) is 5.32 Å². The number of anilines is 1. The van der Waals surface area contributed by atoms with Crippen molar-refractivity contribution >= 4 is 50.7 Å². The van der Waals surface area contributed by atoms with Gasteiger partial charge in [0.1, 0.15) is 12.6 Å². The van der Waals surface area contributed by atoms with Crippen LogP contribution in [0.15, 0.2) is 42.5 Å². The van der Waals surface area contributed by atoms with Crippen molar-refractivity contribution in [1.29, 1.82) is 0 Å². The van der Waals surface area contributed by atoms with E-state index in [1.165, 1.54) is 4.90 Å². The van der Waals surface area contributed by atoms with Crippen LogP contribution in [0.1, 0.15) is 58.1 Å².